The van der Waals surface area contributed by atoms with Crippen LogP contribution in [0, 0.1) is 11.3 Å². The van der Waals surface area contributed by atoms with Gasteiger partial charge in [0.15, 0.2) is 5.96 Å². The van der Waals surface area contributed by atoms with Gasteiger partial charge in [0.2, 0.25) is 0 Å². The van der Waals surface area contributed by atoms with E-state index < -0.39 is 0 Å². The van der Waals surface area contributed by atoms with Crippen molar-refractivity contribution in [3.8, 4) is 0 Å². The molecule has 3 heterocycles. The number of hydrogen-bond acceptors (Lipinski definition) is 4. The molecule has 0 bridgehead atoms. The van der Waals surface area contributed by atoms with Crippen LogP contribution in [0.2, 0.25) is 0 Å². The predicted molar refractivity (Wildman–Crippen MR) is 119 cm³/mol. The summed E-state index contributed by atoms with van der Waals surface area (Å²) in [7, 11) is 2.26. The Kier molecular flexibility index (Phi) is 6.43. The van der Waals surface area contributed by atoms with E-state index >= 15 is 0 Å². The Morgan fingerprint density at radius 3 is 2.52 bits per heavy atom. The van der Waals surface area contributed by atoms with Gasteiger partial charge in [0.25, 0.3) is 0 Å². The summed E-state index contributed by atoms with van der Waals surface area (Å²) in [6.07, 6.45) is 8.14. The smallest absolute Gasteiger partial charge is 0.191 e. The van der Waals surface area contributed by atoms with E-state index in [1.165, 1.54) is 64.7 Å². The van der Waals surface area contributed by atoms with E-state index in [1.54, 1.807) is 0 Å². The van der Waals surface area contributed by atoms with Gasteiger partial charge in [0, 0.05) is 36.1 Å². The summed E-state index contributed by atoms with van der Waals surface area (Å²) in [5, 5.41) is 7.35. The first-order valence-corrected chi connectivity index (χ1v) is 12.1. The normalized spacial score (nSPS) is 35.0. The summed E-state index contributed by atoms with van der Waals surface area (Å²) in [6, 6.07) is 0.455. The molecule has 6 nitrogen and oxygen atoms in total. The summed E-state index contributed by atoms with van der Waals surface area (Å²) < 4.78 is 5.99. The fourth-order valence-electron chi connectivity index (χ4n) is 6.29. The first kappa shape index (κ1) is 21.4. The predicted octanol–water partition coefficient (Wildman–Crippen LogP) is 2.31. The van der Waals surface area contributed by atoms with Crippen LogP contribution in [0.15, 0.2) is 4.99 Å². The number of hydrogen-bond donors (Lipinski definition) is 2. The van der Waals surface area contributed by atoms with Crippen molar-refractivity contribution in [1.82, 2.24) is 20.4 Å². The van der Waals surface area contributed by atoms with Gasteiger partial charge in [-0.25, -0.2) is 0 Å². The molecule has 6 heteroatoms. The van der Waals surface area contributed by atoms with Gasteiger partial charge in [-0.15, -0.1) is 0 Å². The second-order valence-electron chi connectivity index (χ2n) is 10.5. The molecular formula is C23H43N5O. The molecule has 0 radical (unpaired) electrons. The molecule has 0 spiro atoms. The zero-order chi connectivity index (χ0) is 20.5. The highest BCUT2D eigenvalue weighted by atomic mass is 16.5. The average Bonchev–Trinajstić information content (AvgIpc) is 3.19. The van der Waals surface area contributed by atoms with Crippen molar-refractivity contribution in [1.29, 1.82) is 0 Å². The lowest BCUT2D eigenvalue weighted by Gasteiger charge is -2.55. The minimum Gasteiger partial charge on any atom is -0.377 e. The largest absolute Gasteiger partial charge is 0.377 e. The molecule has 0 aromatic rings. The van der Waals surface area contributed by atoms with Crippen LogP contribution in [0.5, 0.6) is 0 Å². The molecule has 4 aliphatic rings. The number of likely N-dealkylation sites (tertiary alicyclic amines) is 2. The summed E-state index contributed by atoms with van der Waals surface area (Å²) >= 11 is 0. The molecule has 3 unspecified atom stereocenters. The summed E-state index contributed by atoms with van der Waals surface area (Å²) in [5.41, 5.74) is 0.416. The van der Waals surface area contributed by atoms with E-state index in [0.717, 1.165) is 25.7 Å². The average molecular weight is 406 g/mol. The zero-order valence-corrected chi connectivity index (χ0v) is 19.2. The third kappa shape index (κ3) is 4.17. The van der Waals surface area contributed by atoms with E-state index in [1.807, 2.05) is 0 Å². The van der Waals surface area contributed by atoms with Crippen molar-refractivity contribution in [3.05, 3.63) is 0 Å². The number of nitrogens with zero attached hydrogens (tertiary/aromatic N) is 3. The number of aliphatic imine (C=N–C) groups is 1. The Hall–Kier alpha value is -0.850. The lowest BCUT2D eigenvalue weighted by molar-refractivity contribution is -0.106. The van der Waals surface area contributed by atoms with Crippen LogP contribution in [0.3, 0.4) is 0 Å². The van der Waals surface area contributed by atoms with Gasteiger partial charge in [-0.05, 0) is 72.3 Å². The molecule has 29 heavy (non-hydrogen) atoms. The maximum Gasteiger partial charge on any atom is 0.191 e. The van der Waals surface area contributed by atoms with Crippen molar-refractivity contribution in [2.75, 3.05) is 52.9 Å². The molecule has 4 rings (SSSR count). The fraction of sp³-hybridized carbons (Fsp3) is 0.957. The van der Waals surface area contributed by atoms with Gasteiger partial charge >= 0.3 is 0 Å². The highest BCUT2D eigenvalue weighted by Gasteiger charge is 2.59. The SMILES string of the molecule is CCNC(=NCC1(N2CCCCC2)CCN(C)CC1)NC1C2CCOC2C1(C)C. The van der Waals surface area contributed by atoms with E-state index in [4.69, 9.17) is 9.73 Å². The van der Waals surface area contributed by atoms with Crippen LogP contribution < -0.4 is 10.6 Å². The van der Waals surface area contributed by atoms with Gasteiger partial charge in [0.05, 0.1) is 12.6 Å². The molecule has 0 aromatic heterocycles. The number of fused-ring (bicyclic) bond motifs is 1. The number of rotatable bonds is 5. The van der Waals surface area contributed by atoms with Crippen molar-refractivity contribution >= 4 is 5.96 Å². The van der Waals surface area contributed by atoms with Crippen LogP contribution in [0.4, 0.5) is 0 Å². The minimum atomic E-state index is 0.176. The van der Waals surface area contributed by atoms with Crippen LogP contribution in [-0.4, -0.2) is 86.4 Å². The van der Waals surface area contributed by atoms with E-state index in [-0.39, 0.29) is 11.0 Å². The second-order valence-corrected chi connectivity index (χ2v) is 10.5. The molecule has 166 valence electrons. The van der Waals surface area contributed by atoms with Crippen molar-refractivity contribution in [2.24, 2.45) is 16.3 Å². The highest BCUT2D eigenvalue weighted by molar-refractivity contribution is 5.80. The monoisotopic (exact) mass is 405 g/mol. The van der Waals surface area contributed by atoms with Gasteiger partial charge in [0.1, 0.15) is 0 Å². The molecule has 3 atom stereocenters. The standard InChI is InChI=1S/C23H43N5O/c1-5-24-21(26-19-18-9-16-29-20(18)22(19,2)3)25-17-23(10-14-27(4)15-11-23)28-12-7-6-8-13-28/h18-20H,5-17H2,1-4H3,(H2,24,25,26). The highest BCUT2D eigenvalue weighted by Crippen LogP contribution is 2.52. The van der Waals surface area contributed by atoms with Crippen LogP contribution in [-0.2, 0) is 4.74 Å². The van der Waals surface area contributed by atoms with Gasteiger partial charge in [-0.1, -0.05) is 20.3 Å². The second kappa shape index (κ2) is 8.72. The Morgan fingerprint density at radius 2 is 1.83 bits per heavy atom. The molecule has 1 saturated carbocycles. The number of ether oxygens (including phenoxy) is 1. The van der Waals surface area contributed by atoms with Crippen molar-refractivity contribution < 1.29 is 4.74 Å². The van der Waals surface area contributed by atoms with E-state index in [9.17, 15) is 0 Å². The molecular weight excluding hydrogens is 362 g/mol. The third-order valence-electron chi connectivity index (χ3n) is 8.21. The Morgan fingerprint density at radius 1 is 1.10 bits per heavy atom. The Bertz CT molecular complexity index is 578. The molecule has 1 aliphatic carbocycles. The van der Waals surface area contributed by atoms with Crippen molar-refractivity contribution in [3.63, 3.8) is 0 Å². The van der Waals surface area contributed by atoms with Gasteiger partial charge in [-0.2, -0.15) is 0 Å². The van der Waals surface area contributed by atoms with E-state index in [2.05, 4.69) is 48.3 Å². The fourth-order valence-corrected chi connectivity index (χ4v) is 6.29. The molecule has 3 aliphatic heterocycles. The first-order chi connectivity index (χ1) is 14.0. The first-order valence-electron chi connectivity index (χ1n) is 12.1. The summed E-state index contributed by atoms with van der Waals surface area (Å²) in [6.45, 7) is 14.5. The quantitative estimate of drug-likeness (QED) is 0.543. The van der Waals surface area contributed by atoms with Crippen LogP contribution >= 0.6 is 0 Å². The minimum absolute atomic E-state index is 0.176. The molecule has 0 aromatic carbocycles. The number of nitrogens with one attached hydrogen (secondary N) is 2. The lowest BCUT2D eigenvalue weighted by atomic mass is 9.57. The maximum absolute atomic E-state index is 5.99. The number of piperidine rings is 2. The van der Waals surface area contributed by atoms with Crippen LogP contribution in [0.1, 0.15) is 59.3 Å². The Labute approximate surface area is 177 Å². The van der Waals surface area contributed by atoms with Gasteiger partial charge < -0.3 is 20.3 Å². The number of guanidine groups is 1. The van der Waals surface area contributed by atoms with Crippen molar-refractivity contribution in [2.45, 2.75) is 77.0 Å². The summed E-state index contributed by atoms with van der Waals surface area (Å²) in [5.74, 6) is 1.64. The topological polar surface area (TPSA) is 52.1 Å². The third-order valence-corrected chi connectivity index (χ3v) is 8.21. The molecule has 3 saturated heterocycles. The molecule has 4 fully saturated rings. The molecule has 2 N–H and O–H groups in total. The molecule has 0 amide bonds. The van der Waals surface area contributed by atoms with E-state index in [0.29, 0.717) is 18.1 Å². The van der Waals surface area contributed by atoms with Gasteiger partial charge in [-0.3, -0.25) is 9.89 Å². The lowest BCUT2D eigenvalue weighted by Crippen LogP contribution is -2.68. The Balaban J connectivity index is 1.47. The summed E-state index contributed by atoms with van der Waals surface area (Å²) in [4.78, 5) is 10.5. The van der Waals surface area contributed by atoms with Crippen LogP contribution in [0.25, 0.3) is 0 Å². The maximum atomic E-state index is 5.99. The zero-order valence-electron chi connectivity index (χ0n) is 19.2.